The van der Waals surface area contributed by atoms with Gasteiger partial charge in [0.2, 0.25) is 0 Å². The summed E-state index contributed by atoms with van der Waals surface area (Å²) in [6.07, 6.45) is 2.20. The van der Waals surface area contributed by atoms with E-state index >= 15 is 0 Å². The van der Waals surface area contributed by atoms with Gasteiger partial charge in [-0.1, -0.05) is 55.5 Å². The molecule has 0 spiro atoms. The van der Waals surface area contributed by atoms with E-state index in [-0.39, 0.29) is 5.91 Å². The number of fused-ring (bicyclic) bond motifs is 1. The van der Waals surface area contributed by atoms with E-state index in [1.165, 1.54) is 5.56 Å². The zero-order chi connectivity index (χ0) is 17.2. The Morgan fingerprint density at radius 3 is 2.44 bits per heavy atom. The number of amides is 1. The van der Waals surface area contributed by atoms with Gasteiger partial charge in [0, 0.05) is 30.5 Å². The fraction of sp³-hybridized carbons (Fsp3) is 0.318. The molecular weight excluding hydrogens is 308 g/mol. The normalized spacial score (nSPS) is 15.6. The van der Waals surface area contributed by atoms with Crippen molar-refractivity contribution >= 4 is 16.8 Å². The van der Waals surface area contributed by atoms with Gasteiger partial charge in [0.15, 0.2) is 0 Å². The summed E-state index contributed by atoms with van der Waals surface area (Å²) in [6.45, 7) is 4.73. The van der Waals surface area contributed by atoms with Gasteiger partial charge in [-0.15, -0.1) is 0 Å². The summed E-state index contributed by atoms with van der Waals surface area (Å²) in [6, 6.07) is 20.7. The number of nitrogens with zero attached hydrogens (tertiary/aromatic N) is 2. The first-order valence-corrected chi connectivity index (χ1v) is 9.14. The molecule has 0 saturated carbocycles. The molecule has 2 aromatic carbocycles. The molecule has 3 heteroatoms. The highest BCUT2D eigenvalue weighted by molar-refractivity contribution is 5.98. The Kier molecular flexibility index (Phi) is 4.31. The number of benzene rings is 2. The Hall–Kier alpha value is -2.55. The molecule has 1 fully saturated rings. The van der Waals surface area contributed by atoms with Crippen LogP contribution < -0.4 is 0 Å². The molecule has 0 bridgehead atoms. The van der Waals surface area contributed by atoms with Crippen molar-refractivity contribution in [2.45, 2.75) is 26.3 Å². The molecule has 1 aliphatic heterocycles. The van der Waals surface area contributed by atoms with Gasteiger partial charge in [-0.05, 0) is 36.5 Å². The molecule has 0 unspecified atom stereocenters. The van der Waals surface area contributed by atoms with E-state index < -0.39 is 0 Å². The number of carbonyl (C=O) groups excluding carboxylic acids is 1. The van der Waals surface area contributed by atoms with Crippen LogP contribution in [0.1, 0.15) is 35.8 Å². The van der Waals surface area contributed by atoms with E-state index in [0.29, 0.717) is 0 Å². The second-order valence-electron chi connectivity index (χ2n) is 7.13. The Balaban J connectivity index is 1.72. The fourth-order valence-electron chi connectivity index (χ4n) is 3.70. The molecule has 0 N–H and O–H groups in total. The monoisotopic (exact) mass is 332 g/mol. The predicted octanol–water partition coefficient (Wildman–Crippen LogP) is 4.56. The van der Waals surface area contributed by atoms with Crippen molar-refractivity contribution < 1.29 is 4.79 Å². The summed E-state index contributed by atoms with van der Waals surface area (Å²) >= 11 is 0. The lowest BCUT2D eigenvalue weighted by molar-refractivity contribution is 0.0687. The molecule has 1 saturated heterocycles. The summed E-state index contributed by atoms with van der Waals surface area (Å²) in [4.78, 5) is 15.2. The van der Waals surface area contributed by atoms with Gasteiger partial charge in [0.05, 0.1) is 0 Å². The number of likely N-dealkylation sites (tertiary alicyclic amines) is 1. The lowest BCUT2D eigenvalue weighted by Crippen LogP contribution is -2.38. The highest BCUT2D eigenvalue weighted by atomic mass is 16.2. The number of rotatable bonds is 3. The lowest BCUT2D eigenvalue weighted by atomic mass is 9.99. The molecule has 128 valence electrons. The second kappa shape index (κ2) is 6.75. The summed E-state index contributed by atoms with van der Waals surface area (Å²) < 4.78 is 2.17. The van der Waals surface area contributed by atoms with Crippen molar-refractivity contribution in [2.24, 2.45) is 5.92 Å². The summed E-state index contributed by atoms with van der Waals surface area (Å²) in [7, 11) is 0. The smallest absolute Gasteiger partial charge is 0.270 e. The zero-order valence-electron chi connectivity index (χ0n) is 14.7. The second-order valence-corrected chi connectivity index (χ2v) is 7.13. The highest BCUT2D eigenvalue weighted by Crippen LogP contribution is 2.24. The van der Waals surface area contributed by atoms with Crippen LogP contribution in [0.3, 0.4) is 0 Å². The van der Waals surface area contributed by atoms with Gasteiger partial charge in [0.25, 0.3) is 5.91 Å². The number of para-hydroxylation sites is 1. The largest absolute Gasteiger partial charge is 0.337 e. The van der Waals surface area contributed by atoms with Gasteiger partial charge in [-0.3, -0.25) is 4.79 Å². The van der Waals surface area contributed by atoms with Gasteiger partial charge in [0.1, 0.15) is 5.69 Å². The van der Waals surface area contributed by atoms with Crippen LogP contribution in [0.4, 0.5) is 0 Å². The minimum absolute atomic E-state index is 0.166. The maximum absolute atomic E-state index is 13.2. The third-order valence-electron chi connectivity index (χ3n) is 5.28. The standard InChI is InChI=1S/C22H24N2O/c1-17-11-13-23(14-12-17)22(25)21-15-19-9-5-6-10-20(19)24(21)16-18-7-3-2-4-8-18/h2-10,15,17H,11-14,16H2,1H3. The summed E-state index contributed by atoms with van der Waals surface area (Å²) in [5.41, 5.74) is 3.14. The summed E-state index contributed by atoms with van der Waals surface area (Å²) in [5, 5.41) is 1.13. The van der Waals surface area contributed by atoms with Gasteiger partial charge in [-0.25, -0.2) is 0 Å². The third kappa shape index (κ3) is 3.19. The summed E-state index contributed by atoms with van der Waals surface area (Å²) in [5.74, 6) is 0.887. The Labute approximate surface area is 148 Å². The number of hydrogen-bond donors (Lipinski definition) is 0. The van der Waals surface area contributed by atoms with Crippen LogP contribution >= 0.6 is 0 Å². The SMILES string of the molecule is CC1CCN(C(=O)c2cc3ccccc3n2Cc2ccccc2)CC1. The Morgan fingerprint density at radius 1 is 1.00 bits per heavy atom. The van der Waals surface area contributed by atoms with E-state index in [1.54, 1.807) is 0 Å². The number of piperidine rings is 1. The van der Waals surface area contributed by atoms with E-state index in [1.807, 2.05) is 23.1 Å². The highest BCUT2D eigenvalue weighted by Gasteiger charge is 2.24. The van der Waals surface area contributed by atoms with Crippen LogP contribution in [-0.4, -0.2) is 28.5 Å². The molecular formula is C22H24N2O. The lowest BCUT2D eigenvalue weighted by Gasteiger charge is -2.30. The maximum Gasteiger partial charge on any atom is 0.270 e. The van der Waals surface area contributed by atoms with Crippen LogP contribution in [-0.2, 0) is 6.54 Å². The van der Waals surface area contributed by atoms with Gasteiger partial charge < -0.3 is 9.47 Å². The first-order valence-electron chi connectivity index (χ1n) is 9.14. The quantitative estimate of drug-likeness (QED) is 0.690. The zero-order valence-corrected chi connectivity index (χ0v) is 14.7. The molecule has 0 aliphatic carbocycles. The fourth-order valence-corrected chi connectivity index (χ4v) is 3.70. The minimum Gasteiger partial charge on any atom is -0.337 e. The first kappa shape index (κ1) is 15.9. The topological polar surface area (TPSA) is 25.2 Å². The molecule has 0 atom stereocenters. The van der Waals surface area contributed by atoms with Crippen LogP contribution in [0.15, 0.2) is 60.7 Å². The molecule has 0 radical (unpaired) electrons. The van der Waals surface area contributed by atoms with Crippen molar-refractivity contribution in [3.05, 3.63) is 71.9 Å². The average Bonchev–Trinajstić information content (AvgIpc) is 3.01. The number of carbonyl (C=O) groups is 1. The molecule has 4 rings (SSSR count). The average molecular weight is 332 g/mol. The van der Waals surface area contributed by atoms with Gasteiger partial charge >= 0.3 is 0 Å². The predicted molar refractivity (Wildman–Crippen MR) is 102 cm³/mol. The van der Waals surface area contributed by atoms with Crippen LogP contribution in [0, 0.1) is 5.92 Å². The van der Waals surface area contributed by atoms with Crippen molar-refractivity contribution in [3.8, 4) is 0 Å². The van der Waals surface area contributed by atoms with E-state index in [2.05, 4.69) is 54.0 Å². The molecule has 3 nitrogen and oxygen atoms in total. The number of hydrogen-bond acceptors (Lipinski definition) is 1. The molecule has 1 aromatic heterocycles. The van der Waals surface area contributed by atoms with E-state index in [9.17, 15) is 4.79 Å². The maximum atomic E-state index is 13.2. The van der Waals surface area contributed by atoms with Crippen LogP contribution in [0.25, 0.3) is 10.9 Å². The minimum atomic E-state index is 0.166. The Morgan fingerprint density at radius 2 is 1.68 bits per heavy atom. The first-order chi connectivity index (χ1) is 12.2. The van der Waals surface area contributed by atoms with E-state index in [0.717, 1.165) is 55.0 Å². The third-order valence-corrected chi connectivity index (χ3v) is 5.28. The molecule has 2 heterocycles. The van der Waals surface area contributed by atoms with Crippen LogP contribution in [0.5, 0.6) is 0 Å². The number of aromatic nitrogens is 1. The van der Waals surface area contributed by atoms with Crippen molar-refractivity contribution in [1.29, 1.82) is 0 Å². The van der Waals surface area contributed by atoms with Crippen LogP contribution in [0.2, 0.25) is 0 Å². The van der Waals surface area contributed by atoms with E-state index in [4.69, 9.17) is 0 Å². The van der Waals surface area contributed by atoms with Crippen molar-refractivity contribution in [3.63, 3.8) is 0 Å². The van der Waals surface area contributed by atoms with Crippen molar-refractivity contribution in [1.82, 2.24) is 9.47 Å². The van der Waals surface area contributed by atoms with Crippen molar-refractivity contribution in [2.75, 3.05) is 13.1 Å². The molecule has 1 amide bonds. The molecule has 3 aromatic rings. The molecule has 1 aliphatic rings. The Bertz CT molecular complexity index is 873. The molecule has 25 heavy (non-hydrogen) atoms. The van der Waals surface area contributed by atoms with Gasteiger partial charge in [-0.2, -0.15) is 0 Å².